The topological polar surface area (TPSA) is 32.4 Å². The van der Waals surface area contributed by atoms with E-state index in [1.54, 1.807) is 4.68 Å². The number of aromatic nitrogens is 2. The van der Waals surface area contributed by atoms with Gasteiger partial charge in [0.1, 0.15) is 0 Å². The maximum absolute atomic E-state index is 12.5. The molecular weight excluding hydrogens is 288 g/mol. The highest BCUT2D eigenvalue weighted by atomic mass is 16.1. The zero-order valence-corrected chi connectivity index (χ0v) is 14.0. The van der Waals surface area contributed by atoms with Crippen LogP contribution in [0, 0.1) is 0 Å². The van der Waals surface area contributed by atoms with Gasteiger partial charge in [0.15, 0.2) is 6.54 Å². The van der Waals surface area contributed by atoms with Crippen molar-refractivity contribution in [1.29, 1.82) is 0 Å². The average Bonchev–Trinajstić information content (AvgIpc) is 2.91. The maximum Gasteiger partial charge on any atom is 0.308 e. The van der Waals surface area contributed by atoms with E-state index < -0.39 is 0 Å². The van der Waals surface area contributed by atoms with Crippen molar-refractivity contribution >= 4 is 16.5 Å². The van der Waals surface area contributed by atoms with Crippen molar-refractivity contribution in [2.24, 2.45) is 7.05 Å². The first-order valence-corrected chi connectivity index (χ1v) is 8.70. The Kier molecular flexibility index (Phi) is 3.60. The molecule has 122 valence electrons. The van der Waals surface area contributed by atoms with Gasteiger partial charge >= 0.3 is 5.56 Å². The third-order valence-corrected chi connectivity index (χ3v) is 5.54. The second kappa shape index (κ2) is 5.64. The molecule has 2 aromatic rings. The van der Waals surface area contributed by atoms with E-state index in [4.69, 9.17) is 0 Å². The smallest absolute Gasteiger partial charge is 0.308 e. The predicted molar refractivity (Wildman–Crippen MR) is 91.9 cm³/mol. The molecule has 0 saturated carbocycles. The summed E-state index contributed by atoms with van der Waals surface area (Å²) in [4.78, 5) is 17.6. The lowest BCUT2D eigenvalue weighted by Gasteiger charge is -2.33. The van der Waals surface area contributed by atoms with Crippen LogP contribution in [-0.2, 0) is 13.6 Å². The summed E-state index contributed by atoms with van der Waals surface area (Å²) >= 11 is 0. The summed E-state index contributed by atoms with van der Waals surface area (Å²) in [6.07, 6.45) is 4.60. The minimum atomic E-state index is 0.0822. The molecule has 3 saturated heterocycles. The number of rotatable bonds is 2. The second-order valence-electron chi connectivity index (χ2n) is 6.75. The van der Waals surface area contributed by atoms with E-state index in [0.717, 1.165) is 30.4 Å². The number of hydrogen-bond acceptors (Lipinski definition) is 3. The van der Waals surface area contributed by atoms with Crippen LogP contribution in [0.3, 0.4) is 0 Å². The van der Waals surface area contributed by atoms with E-state index in [-0.39, 0.29) is 5.56 Å². The number of aryl methyl sites for hydroxylation is 1. The molecule has 1 aromatic heterocycles. The van der Waals surface area contributed by atoms with Crippen molar-refractivity contribution in [2.45, 2.75) is 32.4 Å². The lowest BCUT2D eigenvalue weighted by molar-refractivity contribution is -0.774. The Morgan fingerprint density at radius 1 is 1.17 bits per heavy atom. The van der Waals surface area contributed by atoms with Crippen LogP contribution in [0.15, 0.2) is 29.2 Å². The van der Waals surface area contributed by atoms with E-state index in [1.165, 1.54) is 31.6 Å². The van der Waals surface area contributed by atoms with Gasteiger partial charge in [-0.15, -0.1) is 9.36 Å². The minimum Gasteiger partial charge on any atom is -0.367 e. The van der Waals surface area contributed by atoms with Crippen LogP contribution in [0.5, 0.6) is 0 Å². The second-order valence-corrected chi connectivity index (χ2v) is 6.75. The molecular formula is C18H25N4O+. The van der Waals surface area contributed by atoms with E-state index in [2.05, 4.69) is 35.1 Å². The van der Waals surface area contributed by atoms with Crippen molar-refractivity contribution in [3.05, 3.63) is 34.7 Å². The van der Waals surface area contributed by atoms with Crippen LogP contribution >= 0.6 is 0 Å². The number of nitrogens with zero attached hydrogens (tertiary/aromatic N) is 4. The summed E-state index contributed by atoms with van der Waals surface area (Å²) < 4.78 is 3.68. The van der Waals surface area contributed by atoms with Gasteiger partial charge in [0.05, 0.1) is 17.8 Å². The van der Waals surface area contributed by atoms with Gasteiger partial charge in [0.2, 0.25) is 6.20 Å². The number of fused-ring (bicyclic) bond motifs is 5. The van der Waals surface area contributed by atoms with Gasteiger partial charge in [-0.3, -0.25) is 4.79 Å². The normalized spacial score (nSPS) is 24.2. The number of piperidine rings is 1. The van der Waals surface area contributed by atoms with E-state index in [0.29, 0.717) is 6.04 Å². The molecule has 0 spiro atoms. The number of benzene rings is 1. The van der Waals surface area contributed by atoms with Crippen LogP contribution in [0.2, 0.25) is 0 Å². The van der Waals surface area contributed by atoms with E-state index in [9.17, 15) is 4.79 Å². The first kappa shape index (κ1) is 14.7. The van der Waals surface area contributed by atoms with Crippen molar-refractivity contribution < 1.29 is 4.68 Å². The fourth-order valence-corrected chi connectivity index (χ4v) is 4.10. The van der Waals surface area contributed by atoms with Gasteiger partial charge in [-0.05, 0) is 38.0 Å². The molecule has 23 heavy (non-hydrogen) atoms. The Balaban J connectivity index is 1.79. The van der Waals surface area contributed by atoms with Crippen molar-refractivity contribution in [3.8, 4) is 0 Å². The summed E-state index contributed by atoms with van der Waals surface area (Å²) in [6, 6.07) is 6.99. The molecule has 0 N–H and O–H groups in total. The van der Waals surface area contributed by atoms with Gasteiger partial charge in [-0.2, -0.15) is 0 Å². The van der Waals surface area contributed by atoms with Crippen LogP contribution in [-0.4, -0.2) is 41.8 Å². The summed E-state index contributed by atoms with van der Waals surface area (Å²) in [7, 11) is 1.83. The van der Waals surface area contributed by atoms with E-state index in [1.807, 2.05) is 17.8 Å². The molecule has 3 fully saturated rings. The highest BCUT2D eigenvalue weighted by Gasteiger charge is 2.29. The monoisotopic (exact) mass is 313 g/mol. The lowest BCUT2D eigenvalue weighted by atomic mass is 10.0. The molecule has 5 rings (SSSR count). The molecule has 3 aliphatic heterocycles. The Hall–Kier alpha value is -1.88. The molecule has 0 amide bonds. The van der Waals surface area contributed by atoms with Crippen LogP contribution in [0.4, 0.5) is 5.69 Å². The van der Waals surface area contributed by atoms with Crippen LogP contribution < -0.4 is 15.1 Å². The Bertz CT molecular complexity index is 789. The molecule has 5 nitrogen and oxygen atoms in total. The maximum atomic E-state index is 12.5. The summed E-state index contributed by atoms with van der Waals surface area (Å²) in [5, 5.41) is 1.86. The van der Waals surface area contributed by atoms with Crippen LogP contribution in [0.25, 0.3) is 10.8 Å². The quantitative estimate of drug-likeness (QED) is 0.779. The highest BCUT2D eigenvalue weighted by Crippen LogP contribution is 2.28. The zero-order chi connectivity index (χ0) is 16.0. The number of anilines is 1. The molecule has 0 atom stereocenters. The molecule has 2 bridgehead atoms. The minimum absolute atomic E-state index is 0.0822. The summed E-state index contributed by atoms with van der Waals surface area (Å²) in [5.41, 5.74) is 1.35. The van der Waals surface area contributed by atoms with Crippen molar-refractivity contribution in [3.63, 3.8) is 0 Å². The third kappa shape index (κ3) is 2.43. The standard InChI is InChI=1S/C18H25N4O/c1-3-21-13-14-12-16(4-5-17(14)18(23)19(21)2)22-11-10-20-8-6-15(22)7-9-20/h4-5,12-13,15H,3,6-11H2,1-2H3/q+1. The molecule has 0 aliphatic carbocycles. The highest BCUT2D eigenvalue weighted by molar-refractivity contribution is 5.84. The summed E-state index contributed by atoms with van der Waals surface area (Å²) in [5.74, 6) is 0. The number of hydrogen-bond donors (Lipinski definition) is 0. The van der Waals surface area contributed by atoms with Crippen molar-refractivity contribution in [2.75, 3.05) is 31.1 Å². The SMILES string of the molecule is CC[n+]1cc2cc(N3CCN4CCC3CC4)ccc2c(=O)n1C. The fourth-order valence-electron chi connectivity index (χ4n) is 4.10. The van der Waals surface area contributed by atoms with Gasteiger partial charge < -0.3 is 9.80 Å². The Morgan fingerprint density at radius 3 is 2.70 bits per heavy atom. The molecule has 4 heterocycles. The van der Waals surface area contributed by atoms with Gasteiger partial charge in [-0.1, -0.05) is 0 Å². The third-order valence-electron chi connectivity index (χ3n) is 5.54. The molecule has 5 heteroatoms. The molecule has 1 aromatic carbocycles. The first-order valence-electron chi connectivity index (χ1n) is 8.70. The summed E-state index contributed by atoms with van der Waals surface area (Å²) in [6.45, 7) is 7.56. The predicted octanol–water partition coefficient (Wildman–Crippen LogP) is 1.13. The Labute approximate surface area is 136 Å². The first-order chi connectivity index (χ1) is 11.2. The molecule has 0 radical (unpaired) electrons. The zero-order valence-electron chi connectivity index (χ0n) is 14.0. The largest absolute Gasteiger partial charge is 0.367 e. The average molecular weight is 313 g/mol. The molecule has 0 unspecified atom stereocenters. The fraction of sp³-hybridized carbons (Fsp3) is 0.556. The van der Waals surface area contributed by atoms with Gasteiger partial charge in [0.25, 0.3) is 0 Å². The van der Waals surface area contributed by atoms with Gasteiger partial charge in [0, 0.05) is 37.9 Å². The van der Waals surface area contributed by atoms with Crippen molar-refractivity contribution in [1.82, 2.24) is 9.58 Å². The van der Waals surface area contributed by atoms with E-state index >= 15 is 0 Å². The van der Waals surface area contributed by atoms with Gasteiger partial charge in [-0.25, -0.2) is 0 Å². The van der Waals surface area contributed by atoms with Crippen LogP contribution in [0.1, 0.15) is 19.8 Å². The Morgan fingerprint density at radius 2 is 1.96 bits per heavy atom. The molecule has 3 aliphatic rings. The lowest BCUT2D eigenvalue weighted by Crippen LogP contribution is -2.49.